The zero-order valence-electron chi connectivity index (χ0n) is 23.3. The molecule has 0 aliphatic heterocycles. The minimum absolute atomic E-state index is 0.000405. The van der Waals surface area contributed by atoms with E-state index in [-0.39, 0.29) is 33.4 Å². The number of benzene rings is 1. The molecule has 0 aliphatic rings. The third-order valence-corrected chi connectivity index (χ3v) is 11.1. The number of sulfone groups is 2. The lowest BCUT2D eigenvalue weighted by molar-refractivity contribution is -0.139. The number of methoxy groups -OCH3 is 2. The van der Waals surface area contributed by atoms with Crippen LogP contribution in [0.15, 0.2) is 62.4 Å². The molecule has 0 fully saturated rings. The molecule has 44 heavy (non-hydrogen) atoms. The van der Waals surface area contributed by atoms with Crippen molar-refractivity contribution in [3.05, 3.63) is 48.3 Å². The third-order valence-electron chi connectivity index (χ3n) is 5.82. The quantitative estimate of drug-likeness (QED) is 0.216. The Kier molecular flexibility index (Phi) is 9.01. The van der Waals surface area contributed by atoms with Gasteiger partial charge in [-0.05, 0) is 30.3 Å². The van der Waals surface area contributed by atoms with E-state index in [0.29, 0.717) is 3.97 Å². The fourth-order valence-corrected chi connectivity index (χ4v) is 8.88. The van der Waals surface area contributed by atoms with E-state index in [2.05, 4.69) is 15.0 Å². The maximum Gasteiger partial charge on any atom is 0.341 e. The summed E-state index contributed by atoms with van der Waals surface area (Å²) in [5.74, 6) is -2.42. The lowest BCUT2D eigenvalue weighted by atomic mass is 10.3. The standard InChI is InChI=1S/C24H24N4O12S4/c1-38-19-10-9-16-23(27-19)28(44(36,37)15-7-5-14(6-8-15)40-12-20(29)30)24(26-16)41(31)13-17-22(43(4,34)35)21(39-2)18(11-25-17)42(3,32)33/h5-11H,12-13H2,1-4H3,(H,29,30). The molecule has 236 valence electrons. The molecule has 3 heterocycles. The first-order valence-electron chi connectivity index (χ1n) is 12.0. The summed E-state index contributed by atoms with van der Waals surface area (Å²) in [4.78, 5) is 21.6. The van der Waals surface area contributed by atoms with Crippen LogP contribution < -0.4 is 14.2 Å². The highest BCUT2D eigenvalue weighted by Crippen LogP contribution is 2.35. The van der Waals surface area contributed by atoms with E-state index >= 15 is 0 Å². The molecule has 4 rings (SSSR count). The van der Waals surface area contributed by atoms with Gasteiger partial charge in [-0.3, -0.25) is 9.19 Å². The number of pyridine rings is 2. The average Bonchev–Trinajstić information content (AvgIpc) is 3.34. The van der Waals surface area contributed by atoms with E-state index < -0.39 is 79.5 Å². The van der Waals surface area contributed by atoms with Gasteiger partial charge in [0, 0.05) is 24.8 Å². The van der Waals surface area contributed by atoms with E-state index in [1.54, 1.807) is 0 Å². The zero-order chi connectivity index (χ0) is 32.6. The molecule has 4 aromatic rings. The van der Waals surface area contributed by atoms with Gasteiger partial charge in [-0.2, -0.15) is 8.96 Å². The molecule has 16 nitrogen and oxygen atoms in total. The van der Waals surface area contributed by atoms with Gasteiger partial charge < -0.3 is 19.3 Å². The summed E-state index contributed by atoms with van der Waals surface area (Å²) in [6.45, 7) is -0.662. The normalized spacial score (nSPS) is 13.0. The number of hydrogen-bond donors (Lipinski definition) is 1. The molecule has 0 amide bonds. The summed E-state index contributed by atoms with van der Waals surface area (Å²) in [5, 5.41) is 8.25. The number of carboxylic acids is 1. The van der Waals surface area contributed by atoms with Crippen LogP contribution in [0.3, 0.4) is 0 Å². The highest BCUT2D eigenvalue weighted by atomic mass is 32.2. The Morgan fingerprint density at radius 2 is 1.59 bits per heavy atom. The summed E-state index contributed by atoms with van der Waals surface area (Å²) in [7, 11) is -12.9. The van der Waals surface area contributed by atoms with E-state index in [9.17, 15) is 34.3 Å². The zero-order valence-corrected chi connectivity index (χ0v) is 26.6. The summed E-state index contributed by atoms with van der Waals surface area (Å²) >= 11 is 0. The van der Waals surface area contributed by atoms with E-state index in [1.165, 1.54) is 31.4 Å². The average molecular weight is 689 g/mol. The smallest absolute Gasteiger partial charge is 0.341 e. The van der Waals surface area contributed by atoms with Gasteiger partial charge in [-0.1, -0.05) is 0 Å². The molecule has 0 aliphatic carbocycles. The number of carboxylic acid groups (broad SMARTS) is 1. The Labute approximate surface area is 254 Å². The first-order valence-corrected chi connectivity index (χ1v) is 18.5. The van der Waals surface area contributed by atoms with Crippen molar-refractivity contribution in [3.63, 3.8) is 0 Å². The molecule has 1 N–H and O–H groups in total. The Hall–Kier alpha value is -4.14. The van der Waals surface area contributed by atoms with Crippen molar-refractivity contribution in [2.75, 3.05) is 33.3 Å². The Bertz CT molecular complexity index is 2130. The second kappa shape index (κ2) is 12.1. The number of carbonyl (C=O) groups is 1. The molecular formula is C24H24N4O12S4. The second-order valence-electron chi connectivity index (χ2n) is 8.98. The van der Waals surface area contributed by atoms with Crippen LogP contribution in [0.25, 0.3) is 11.2 Å². The first-order chi connectivity index (χ1) is 20.5. The van der Waals surface area contributed by atoms with Crippen molar-refractivity contribution in [1.82, 2.24) is 18.9 Å². The minimum atomic E-state index is -4.61. The fraction of sp³-hybridized carbons (Fsp3) is 0.250. The number of aromatic nitrogens is 4. The van der Waals surface area contributed by atoms with Gasteiger partial charge in [0.25, 0.3) is 10.0 Å². The summed E-state index contributed by atoms with van der Waals surface area (Å²) in [5.41, 5.74) is -0.628. The summed E-state index contributed by atoms with van der Waals surface area (Å²) < 4.78 is 108. The molecule has 0 spiro atoms. The van der Waals surface area contributed by atoms with E-state index in [1.807, 2.05) is 0 Å². The number of rotatable bonds is 12. The van der Waals surface area contributed by atoms with E-state index in [4.69, 9.17) is 19.3 Å². The molecule has 0 saturated carbocycles. The van der Waals surface area contributed by atoms with Crippen molar-refractivity contribution in [2.45, 2.75) is 25.6 Å². The summed E-state index contributed by atoms with van der Waals surface area (Å²) in [6, 6.07) is 7.47. The molecule has 3 aromatic heterocycles. The maximum atomic E-state index is 13.9. The molecule has 0 radical (unpaired) electrons. The maximum absolute atomic E-state index is 13.9. The number of ether oxygens (including phenoxy) is 3. The van der Waals surface area contributed by atoms with Gasteiger partial charge in [0.15, 0.2) is 37.7 Å². The number of imidazole rings is 1. The molecule has 0 bridgehead atoms. The van der Waals surface area contributed by atoms with Crippen LogP contribution in [-0.2, 0) is 51.0 Å². The van der Waals surface area contributed by atoms with Crippen molar-refractivity contribution < 1.29 is 53.6 Å². The monoisotopic (exact) mass is 688 g/mol. The van der Waals surface area contributed by atoms with Crippen LogP contribution in [0.5, 0.6) is 17.4 Å². The molecular weight excluding hydrogens is 665 g/mol. The minimum Gasteiger partial charge on any atom is -0.494 e. The van der Waals surface area contributed by atoms with Gasteiger partial charge in [-0.25, -0.2) is 35.0 Å². The van der Waals surface area contributed by atoms with Crippen molar-refractivity contribution in [2.24, 2.45) is 0 Å². The van der Waals surface area contributed by atoms with Gasteiger partial charge in [-0.15, -0.1) is 0 Å². The number of hydrogen-bond acceptors (Lipinski definition) is 14. The van der Waals surface area contributed by atoms with Gasteiger partial charge in [0.05, 0.1) is 41.4 Å². The molecule has 1 aromatic carbocycles. The van der Waals surface area contributed by atoms with Crippen LogP contribution in [0.2, 0.25) is 0 Å². The number of fused-ring (bicyclic) bond motifs is 1. The van der Waals surface area contributed by atoms with Crippen molar-refractivity contribution in [1.29, 1.82) is 0 Å². The number of aliphatic carboxylic acids is 1. The van der Waals surface area contributed by atoms with Crippen molar-refractivity contribution >= 4 is 57.6 Å². The molecule has 0 saturated heterocycles. The van der Waals surface area contributed by atoms with Crippen molar-refractivity contribution in [3.8, 4) is 17.4 Å². The second-order valence-corrected chi connectivity index (χ2v) is 16.0. The van der Waals surface area contributed by atoms with Crippen LogP contribution in [0.1, 0.15) is 5.69 Å². The topological polar surface area (TPSA) is 228 Å². The van der Waals surface area contributed by atoms with Gasteiger partial charge in [0.1, 0.15) is 21.1 Å². The summed E-state index contributed by atoms with van der Waals surface area (Å²) in [6.07, 6.45) is 2.47. The SMILES string of the molecule is COc1ccc2nc(S(=O)Cc3ncc(S(C)(=O)=O)c(OC)c3S(C)(=O)=O)n(S(=O)(=O)c3ccc(OCC(=O)O)cc3)c2n1. The lowest BCUT2D eigenvalue weighted by Crippen LogP contribution is -2.19. The van der Waals surface area contributed by atoms with Gasteiger partial charge >= 0.3 is 5.97 Å². The van der Waals surface area contributed by atoms with Crippen LogP contribution >= 0.6 is 0 Å². The lowest BCUT2D eigenvalue weighted by Gasteiger charge is -2.15. The number of nitrogens with zero attached hydrogens (tertiary/aromatic N) is 4. The predicted octanol–water partition coefficient (Wildman–Crippen LogP) is 0.659. The Morgan fingerprint density at radius 3 is 2.14 bits per heavy atom. The Morgan fingerprint density at radius 1 is 0.932 bits per heavy atom. The highest BCUT2D eigenvalue weighted by Gasteiger charge is 2.32. The fourth-order valence-electron chi connectivity index (χ4n) is 3.96. The third kappa shape index (κ3) is 6.51. The van der Waals surface area contributed by atoms with Crippen LogP contribution in [0, 0.1) is 0 Å². The molecule has 1 atom stereocenters. The van der Waals surface area contributed by atoms with E-state index in [0.717, 1.165) is 38.0 Å². The molecule has 20 heteroatoms. The Balaban J connectivity index is 1.90. The molecule has 1 unspecified atom stereocenters. The van der Waals surface area contributed by atoms with Gasteiger partial charge in [0.2, 0.25) is 11.0 Å². The first kappa shape index (κ1) is 32.8. The van der Waals surface area contributed by atoms with Crippen LogP contribution in [0.4, 0.5) is 0 Å². The predicted molar refractivity (Wildman–Crippen MR) is 153 cm³/mol. The largest absolute Gasteiger partial charge is 0.494 e. The van der Waals surface area contributed by atoms with Crippen LogP contribution in [-0.4, -0.2) is 92.8 Å². The highest BCUT2D eigenvalue weighted by molar-refractivity contribution is 7.92.